The number of hydrogen-bond donors (Lipinski definition) is 0. The van der Waals surface area contributed by atoms with Gasteiger partial charge in [0.2, 0.25) is 5.16 Å². The minimum Gasteiger partial charge on any atom is -0.494 e. The first-order valence-corrected chi connectivity index (χ1v) is 8.20. The van der Waals surface area contributed by atoms with Crippen LogP contribution in [-0.2, 0) is 0 Å². The summed E-state index contributed by atoms with van der Waals surface area (Å²) in [4.78, 5) is 0. The molecule has 0 aliphatic heterocycles. The molecule has 0 amide bonds. The van der Waals surface area contributed by atoms with Crippen molar-refractivity contribution in [3.63, 3.8) is 0 Å². The molecule has 2 rings (SSSR count). The van der Waals surface area contributed by atoms with E-state index in [0.29, 0.717) is 0 Å². The van der Waals surface area contributed by atoms with Gasteiger partial charge in [0.1, 0.15) is 5.75 Å². The largest absolute Gasteiger partial charge is 0.494 e. The first-order valence-electron chi connectivity index (χ1n) is 6.97. The molecule has 0 unspecified atom stereocenters. The molecule has 0 bridgehead atoms. The van der Waals surface area contributed by atoms with Gasteiger partial charge in [-0.3, -0.25) is 0 Å². The Hall–Kier alpha value is -1.82. The highest BCUT2D eigenvalue weighted by Gasteiger charge is 2.05. The fourth-order valence-electron chi connectivity index (χ4n) is 1.71. The van der Waals surface area contributed by atoms with Gasteiger partial charge in [-0.1, -0.05) is 25.1 Å². The van der Waals surface area contributed by atoms with E-state index < -0.39 is 0 Å². The molecule has 0 radical (unpaired) electrons. The zero-order chi connectivity index (χ0) is 15.1. The van der Waals surface area contributed by atoms with E-state index in [-0.39, 0.29) is 0 Å². The third-order valence-corrected chi connectivity index (χ3v) is 3.54. The van der Waals surface area contributed by atoms with Gasteiger partial charge in [-0.05, 0) is 49.4 Å². The number of thioether (sulfide) groups is 1. The van der Waals surface area contributed by atoms with Crippen LogP contribution in [0.25, 0.3) is 0 Å². The van der Waals surface area contributed by atoms with Crippen LogP contribution in [0.2, 0.25) is 0 Å². The quantitative estimate of drug-likeness (QED) is 0.447. The van der Waals surface area contributed by atoms with Crippen molar-refractivity contribution >= 4 is 18.0 Å². The highest BCUT2D eigenvalue weighted by Crippen LogP contribution is 2.14. The van der Waals surface area contributed by atoms with Crippen molar-refractivity contribution in [2.75, 3.05) is 12.9 Å². The minimum atomic E-state index is 0.765. The summed E-state index contributed by atoms with van der Waals surface area (Å²) < 4.78 is 7.37. The summed E-state index contributed by atoms with van der Waals surface area (Å²) in [5.74, 6) is 1.67. The second-order valence-electron chi connectivity index (χ2n) is 4.56. The first-order chi connectivity index (χ1) is 10.2. The van der Waals surface area contributed by atoms with E-state index in [9.17, 15) is 0 Å². The average Bonchev–Trinajstić information content (AvgIpc) is 2.87. The summed E-state index contributed by atoms with van der Waals surface area (Å²) in [6.07, 6.45) is 5.97. The number of rotatable bonds is 7. The molecule has 0 fully saturated rings. The molecule has 1 heterocycles. The summed E-state index contributed by atoms with van der Waals surface area (Å²) in [7, 11) is 0. The summed E-state index contributed by atoms with van der Waals surface area (Å²) >= 11 is 1.52. The SMILES string of the molecule is CCCCOc1ccc(/C=N\n2c(C)nnc2SC)cc1. The van der Waals surface area contributed by atoms with Crippen LogP contribution < -0.4 is 4.74 Å². The molecule has 0 saturated heterocycles. The number of aromatic nitrogens is 3. The van der Waals surface area contributed by atoms with Gasteiger partial charge in [0.15, 0.2) is 5.82 Å². The number of aryl methyl sites for hydroxylation is 1. The molecule has 5 nitrogen and oxygen atoms in total. The maximum absolute atomic E-state index is 5.63. The van der Waals surface area contributed by atoms with Crippen LogP contribution in [0.3, 0.4) is 0 Å². The van der Waals surface area contributed by atoms with Gasteiger partial charge >= 0.3 is 0 Å². The van der Waals surface area contributed by atoms with Crippen molar-refractivity contribution in [3.05, 3.63) is 35.7 Å². The van der Waals surface area contributed by atoms with Gasteiger partial charge < -0.3 is 4.74 Å². The van der Waals surface area contributed by atoms with E-state index in [0.717, 1.165) is 41.7 Å². The fraction of sp³-hybridized carbons (Fsp3) is 0.400. The number of benzene rings is 1. The second kappa shape index (κ2) is 7.83. The van der Waals surface area contributed by atoms with E-state index in [1.807, 2.05) is 37.4 Å². The lowest BCUT2D eigenvalue weighted by atomic mass is 10.2. The standard InChI is InChI=1S/C15H20N4OS/c1-4-5-10-20-14-8-6-13(7-9-14)11-16-19-12(2)17-18-15(19)21-3/h6-9,11H,4-5,10H2,1-3H3/b16-11-. The van der Waals surface area contributed by atoms with Gasteiger partial charge in [0.25, 0.3) is 0 Å². The molecule has 1 aromatic heterocycles. The number of unbranched alkanes of at least 4 members (excludes halogenated alkanes) is 1. The summed E-state index contributed by atoms with van der Waals surface area (Å²) in [6, 6.07) is 7.91. The maximum atomic E-state index is 5.63. The molecule has 0 aliphatic rings. The zero-order valence-electron chi connectivity index (χ0n) is 12.6. The third kappa shape index (κ3) is 4.32. The van der Waals surface area contributed by atoms with Gasteiger partial charge in [0, 0.05) is 0 Å². The molecule has 21 heavy (non-hydrogen) atoms. The van der Waals surface area contributed by atoms with E-state index in [2.05, 4.69) is 22.2 Å². The van der Waals surface area contributed by atoms with Crippen LogP contribution in [-0.4, -0.2) is 34.0 Å². The van der Waals surface area contributed by atoms with E-state index in [1.165, 1.54) is 11.8 Å². The highest BCUT2D eigenvalue weighted by atomic mass is 32.2. The van der Waals surface area contributed by atoms with Crippen LogP contribution >= 0.6 is 11.8 Å². The maximum Gasteiger partial charge on any atom is 0.211 e. The predicted octanol–water partition coefficient (Wildman–Crippen LogP) is 3.37. The Morgan fingerprint density at radius 1 is 1.29 bits per heavy atom. The molecule has 0 aliphatic carbocycles. The van der Waals surface area contributed by atoms with Crippen molar-refractivity contribution < 1.29 is 4.74 Å². The van der Waals surface area contributed by atoms with Crippen LogP contribution in [0.4, 0.5) is 0 Å². The van der Waals surface area contributed by atoms with Gasteiger partial charge in [0.05, 0.1) is 12.8 Å². The number of nitrogens with zero attached hydrogens (tertiary/aromatic N) is 4. The van der Waals surface area contributed by atoms with Crippen LogP contribution in [0, 0.1) is 6.92 Å². The highest BCUT2D eigenvalue weighted by molar-refractivity contribution is 7.98. The smallest absolute Gasteiger partial charge is 0.211 e. The van der Waals surface area contributed by atoms with Gasteiger partial charge in [-0.15, -0.1) is 10.2 Å². The third-order valence-electron chi connectivity index (χ3n) is 2.92. The minimum absolute atomic E-state index is 0.765. The Balaban J connectivity index is 2.02. The van der Waals surface area contributed by atoms with Crippen molar-refractivity contribution in [2.24, 2.45) is 5.10 Å². The first kappa shape index (κ1) is 15.6. The van der Waals surface area contributed by atoms with Crippen molar-refractivity contribution in [2.45, 2.75) is 31.8 Å². The van der Waals surface area contributed by atoms with E-state index in [1.54, 1.807) is 10.9 Å². The second-order valence-corrected chi connectivity index (χ2v) is 5.33. The van der Waals surface area contributed by atoms with Crippen molar-refractivity contribution in [1.29, 1.82) is 0 Å². The Kier molecular flexibility index (Phi) is 5.80. The molecule has 0 saturated carbocycles. The Labute approximate surface area is 129 Å². The van der Waals surface area contributed by atoms with Gasteiger partial charge in [-0.2, -0.15) is 9.78 Å². The molecular weight excluding hydrogens is 284 g/mol. The summed E-state index contributed by atoms with van der Waals surface area (Å²) in [5.41, 5.74) is 1.01. The molecular formula is C15H20N4OS. The van der Waals surface area contributed by atoms with Crippen LogP contribution in [0.15, 0.2) is 34.5 Å². The van der Waals surface area contributed by atoms with Crippen LogP contribution in [0.1, 0.15) is 31.2 Å². The molecule has 2 aromatic rings. The topological polar surface area (TPSA) is 52.3 Å². The lowest BCUT2D eigenvalue weighted by Gasteiger charge is -2.05. The molecule has 0 spiro atoms. The Bertz CT molecular complexity index is 592. The van der Waals surface area contributed by atoms with Gasteiger partial charge in [-0.25, -0.2) is 0 Å². The average molecular weight is 304 g/mol. The fourth-order valence-corrected chi connectivity index (χ4v) is 2.18. The molecule has 0 atom stereocenters. The normalized spacial score (nSPS) is 11.2. The van der Waals surface area contributed by atoms with Crippen LogP contribution in [0.5, 0.6) is 5.75 Å². The Morgan fingerprint density at radius 2 is 2.05 bits per heavy atom. The van der Waals surface area contributed by atoms with E-state index >= 15 is 0 Å². The molecule has 112 valence electrons. The molecule has 6 heteroatoms. The summed E-state index contributed by atoms with van der Waals surface area (Å²) in [5, 5.41) is 13.3. The Morgan fingerprint density at radius 3 is 2.71 bits per heavy atom. The summed E-state index contributed by atoms with van der Waals surface area (Å²) in [6.45, 7) is 4.80. The van der Waals surface area contributed by atoms with Crippen molar-refractivity contribution in [1.82, 2.24) is 14.9 Å². The lowest BCUT2D eigenvalue weighted by Crippen LogP contribution is -1.97. The monoisotopic (exact) mass is 304 g/mol. The van der Waals surface area contributed by atoms with E-state index in [4.69, 9.17) is 4.74 Å². The lowest BCUT2D eigenvalue weighted by molar-refractivity contribution is 0.309. The predicted molar refractivity (Wildman–Crippen MR) is 86.4 cm³/mol. The number of hydrogen-bond acceptors (Lipinski definition) is 5. The van der Waals surface area contributed by atoms with Crippen molar-refractivity contribution in [3.8, 4) is 5.75 Å². The molecule has 0 N–H and O–H groups in total. The zero-order valence-corrected chi connectivity index (χ0v) is 13.4. The molecule has 1 aromatic carbocycles. The number of ether oxygens (including phenoxy) is 1.